The van der Waals surface area contributed by atoms with Gasteiger partial charge in [0.2, 0.25) is 11.8 Å². The van der Waals surface area contributed by atoms with Gasteiger partial charge in [-0.3, -0.25) is 0 Å². The molecule has 168 valence electrons. The summed E-state index contributed by atoms with van der Waals surface area (Å²) in [5.41, 5.74) is 6.41. The first-order valence-electron chi connectivity index (χ1n) is 11.5. The topological polar surface area (TPSA) is 52.1 Å². The number of oxazole rings is 2. The SMILES string of the molecule is c1ccc(-c2cnc(-c3ccc(Cc4ccc(-c5ncc(-c6ccccc6)o5)cc4)cc3)o2)cc1. The quantitative estimate of drug-likeness (QED) is 0.256. The lowest BCUT2D eigenvalue weighted by atomic mass is 10.0. The first-order valence-corrected chi connectivity index (χ1v) is 11.5. The van der Waals surface area contributed by atoms with Crippen LogP contribution in [0.5, 0.6) is 0 Å². The Labute approximate surface area is 203 Å². The maximum atomic E-state index is 5.97. The Morgan fingerprint density at radius 2 is 0.829 bits per heavy atom. The molecule has 0 saturated carbocycles. The van der Waals surface area contributed by atoms with E-state index in [4.69, 9.17) is 8.83 Å². The van der Waals surface area contributed by atoms with Crippen molar-refractivity contribution in [3.63, 3.8) is 0 Å². The number of nitrogens with zero attached hydrogens (tertiary/aromatic N) is 2. The van der Waals surface area contributed by atoms with Gasteiger partial charge in [-0.15, -0.1) is 0 Å². The van der Waals surface area contributed by atoms with Crippen LogP contribution in [0.3, 0.4) is 0 Å². The minimum Gasteiger partial charge on any atom is -0.436 e. The van der Waals surface area contributed by atoms with Crippen LogP contribution >= 0.6 is 0 Å². The van der Waals surface area contributed by atoms with E-state index in [1.54, 1.807) is 12.4 Å². The third-order valence-electron chi connectivity index (χ3n) is 5.94. The molecule has 0 aliphatic carbocycles. The summed E-state index contributed by atoms with van der Waals surface area (Å²) in [6.07, 6.45) is 4.38. The highest BCUT2D eigenvalue weighted by Crippen LogP contribution is 2.28. The molecular formula is C31H22N2O2. The zero-order valence-electron chi connectivity index (χ0n) is 19.0. The van der Waals surface area contributed by atoms with Crippen molar-refractivity contribution >= 4 is 0 Å². The van der Waals surface area contributed by atoms with Crippen molar-refractivity contribution in [2.24, 2.45) is 0 Å². The Kier molecular flexibility index (Phi) is 5.53. The second-order valence-corrected chi connectivity index (χ2v) is 8.36. The third-order valence-corrected chi connectivity index (χ3v) is 5.94. The summed E-state index contributed by atoms with van der Waals surface area (Å²) in [7, 11) is 0. The predicted octanol–water partition coefficient (Wildman–Crippen LogP) is 7.92. The van der Waals surface area contributed by atoms with E-state index in [0.29, 0.717) is 11.8 Å². The van der Waals surface area contributed by atoms with Crippen LogP contribution in [0.4, 0.5) is 0 Å². The average Bonchev–Trinajstić information content (AvgIpc) is 3.62. The monoisotopic (exact) mass is 454 g/mol. The molecule has 4 aromatic carbocycles. The zero-order chi connectivity index (χ0) is 23.5. The first kappa shape index (κ1) is 20.9. The Morgan fingerprint density at radius 1 is 0.429 bits per heavy atom. The fourth-order valence-electron chi connectivity index (χ4n) is 4.05. The molecule has 0 atom stereocenters. The number of hydrogen-bond donors (Lipinski definition) is 0. The molecule has 0 spiro atoms. The van der Waals surface area contributed by atoms with Crippen LogP contribution in [0.1, 0.15) is 11.1 Å². The molecule has 0 aliphatic rings. The second-order valence-electron chi connectivity index (χ2n) is 8.36. The molecular weight excluding hydrogens is 432 g/mol. The molecule has 0 unspecified atom stereocenters. The second kappa shape index (κ2) is 9.27. The van der Waals surface area contributed by atoms with Crippen molar-refractivity contribution in [3.8, 4) is 45.6 Å². The summed E-state index contributed by atoms with van der Waals surface area (Å²) in [6, 6.07) is 36.7. The van der Waals surface area contributed by atoms with Crippen LogP contribution in [0.25, 0.3) is 45.6 Å². The number of rotatable bonds is 6. The Hall–Kier alpha value is -4.70. The normalized spacial score (nSPS) is 11.0. The van der Waals surface area contributed by atoms with Crippen LogP contribution < -0.4 is 0 Å². The lowest BCUT2D eigenvalue weighted by Gasteiger charge is -2.04. The highest BCUT2D eigenvalue weighted by Gasteiger charge is 2.10. The van der Waals surface area contributed by atoms with Crippen molar-refractivity contribution in [1.82, 2.24) is 9.97 Å². The van der Waals surface area contributed by atoms with Gasteiger partial charge in [0.05, 0.1) is 12.4 Å². The minimum absolute atomic E-state index is 0.626. The molecule has 35 heavy (non-hydrogen) atoms. The molecule has 2 heterocycles. The molecule has 0 radical (unpaired) electrons. The van der Waals surface area contributed by atoms with Gasteiger partial charge in [0.25, 0.3) is 0 Å². The number of hydrogen-bond acceptors (Lipinski definition) is 4. The van der Waals surface area contributed by atoms with Crippen LogP contribution in [-0.4, -0.2) is 9.97 Å². The fraction of sp³-hybridized carbons (Fsp3) is 0.0323. The molecule has 0 aliphatic heterocycles. The van der Waals surface area contributed by atoms with Gasteiger partial charge in [0.15, 0.2) is 11.5 Å². The summed E-state index contributed by atoms with van der Waals surface area (Å²) in [5, 5.41) is 0. The van der Waals surface area contributed by atoms with E-state index in [0.717, 1.165) is 40.2 Å². The fourth-order valence-corrected chi connectivity index (χ4v) is 4.05. The van der Waals surface area contributed by atoms with Gasteiger partial charge in [0, 0.05) is 22.3 Å². The van der Waals surface area contributed by atoms with Crippen molar-refractivity contribution in [2.45, 2.75) is 6.42 Å². The molecule has 0 N–H and O–H groups in total. The molecule has 6 aromatic rings. The van der Waals surface area contributed by atoms with Gasteiger partial charge in [0.1, 0.15) is 0 Å². The number of benzene rings is 4. The van der Waals surface area contributed by atoms with Crippen molar-refractivity contribution in [3.05, 3.63) is 133 Å². The van der Waals surface area contributed by atoms with Crippen molar-refractivity contribution in [2.75, 3.05) is 0 Å². The molecule has 4 heteroatoms. The van der Waals surface area contributed by atoms with Gasteiger partial charge < -0.3 is 8.83 Å². The molecule has 0 bridgehead atoms. The Morgan fingerprint density at radius 3 is 1.23 bits per heavy atom. The summed E-state index contributed by atoms with van der Waals surface area (Å²) < 4.78 is 11.9. The average molecular weight is 455 g/mol. The van der Waals surface area contributed by atoms with Gasteiger partial charge in [-0.25, -0.2) is 9.97 Å². The largest absolute Gasteiger partial charge is 0.436 e. The maximum absolute atomic E-state index is 5.97. The molecule has 0 saturated heterocycles. The molecule has 4 nitrogen and oxygen atoms in total. The molecule has 0 amide bonds. The Bertz CT molecular complexity index is 1410. The van der Waals surface area contributed by atoms with Crippen molar-refractivity contribution < 1.29 is 8.83 Å². The smallest absolute Gasteiger partial charge is 0.226 e. The van der Waals surface area contributed by atoms with Gasteiger partial charge in [-0.2, -0.15) is 0 Å². The van der Waals surface area contributed by atoms with E-state index in [9.17, 15) is 0 Å². The molecule has 0 fully saturated rings. The lowest BCUT2D eigenvalue weighted by Crippen LogP contribution is -1.89. The van der Waals surface area contributed by atoms with Crippen molar-refractivity contribution in [1.29, 1.82) is 0 Å². The summed E-state index contributed by atoms with van der Waals surface area (Å²) >= 11 is 0. The summed E-state index contributed by atoms with van der Waals surface area (Å²) in [4.78, 5) is 8.91. The summed E-state index contributed by atoms with van der Waals surface area (Å²) in [6.45, 7) is 0. The van der Waals surface area contributed by atoms with E-state index in [1.165, 1.54) is 11.1 Å². The van der Waals surface area contributed by atoms with Crippen LogP contribution in [0.2, 0.25) is 0 Å². The lowest BCUT2D eigenvalue weighted by molar-refractivity contribution is 0.588. The number of aromatic nitrogens is 2. The first-order chi connectivity index (χ1) is 17.3. The molecule has 6 rings (SSSR count). The minimum atomic E-state index is 0.626. The zero-order valence-corrected chi connectivity index (χ0v) is 19.0. The van der Waals surface area contributed by atoms with Crippen LogP contribution in [-0.2, 0) is 6.42 Å². The van der Waals surface area contributed by atoms with E-state index >= 15 is 0 Å². The van der Waals surface area contributed by atoms with Gasteiger partial charge in [-0.1, -0.05) is 84.9 Å². The van der Waals surface area contributed by atoms with Crippen LogP contribution in [0, 0.1) is 0 Å². The predicted molar refractivity (Wildman–Crippen MR) is 138 cm³/mol. The molecule has 2 aromatic heterocycles. The van der Waals surface area contributed by atoms with Gasteiger partial charge >= 0.3 is 0 Å². The summed E-state index contributed by atoms with van der Waals surface area (Å²) in [5.74, 6) is 2.79. The maximum Gasteiger partial charge on any atom is 0.226 e. The van der Waals surface area contributed by atoms with E-state index in [1.807, 2.05) is 60.7 Å². The standard InChI is InChI=1S/C31H22N2O2/c1-3-7-24(8-4-1)28-20-32-30(34-28)26-15-11-22(12-16-26)19-23-13-17-27(18-14-23)31-33-21-29(35-31)25-9-5-2-6-10-25/h1-18,20-21H,19H2. The van der Waals surface area contributed by atoms with Gasteiger partial charge in [-0.05, 0) is 41.8 Å². The van der Waals surface area contributed by atoms with E-state index < -0.39 is 0 Å². The third kappa shape index (κ3) is 4.55. The Balaban J connectivity index is 1.14. The van der Waals surface area contributed by atoms with E-state index in [-0.39, 0.29) is 0 Å². The highest BCUT2D eigenvalue weighted by atomic mass is 16.4. The highest BCUT2D eigenvalue weighted by molar-refractivity contribution is 5.62. The van der Waals surface area contributed by atoms with Crippen LogP contribution in [0.15, 0.2) is 130 Å². The van der Waals surface area contributed by atoms with E-state index in [2.05, 4.69) is 58.5 Å².